The first-order valence-electron chi connectivity index (χ1n) is 5.64. The number of pyridine rings is 1. The van der Waals surface area contributed by atoms with E-state index in [1.807, 2.05) is 0 Å². The van der Waals surface area contributed by atoms with E-state index in [4.69, 9.17) is 4.74 Å². The molecule has 2 heterocycles. The van der Waals surface area contributed by atoms with Crippen LogP contribution in [0.15, 0.2) is 21.5 Å². The predicted molar refractivity (Wildman–Crippen MR) is 69.0 cm³/mol. The van der Waals surface area contributed by atoms with Crippen LogP contribution in [0.1, 0.15) is 6.42 Å². The van der Waals surface area contributed by atoms with Gasteiger partial charge in [-0.2, -0.15) is 0 Å². The Morgan fingerprint density at radius 1 is 1.63 bits per heavy atom. The number of hydrogen-bond donors (Lipinski definition) is 0. The lowest BCUT2D eigenvalue weighted by Gasteiger charge is -2.09. The highest BCUT2D eigenvalue weighted by molar-refractivity contribution is 9.10. The van der Waals surface area contributed by atoms with Crippen LogP contribution in [0, 0.1) is 16.0 Å². The monoisotopic (exact) mass is 330 g/mol. The molecule has 1 aliphatic rings. The van der Waals surface area contributed by atoms with Crippen LogP contribution in [0.25, 0.3) is 0 Å². The van der Waals surface area contributed by atoms with Crippen molar-refractivity contribution in [3.63, 3.8) is 0 Å². The second-order valence-corrected chi connectivity index (χ2v) is 5.18. The van der Waals surface area contributed by atoms with E-state index in [1.54, 1.807) is 0 Å². The summed E-state index contributed by atoms with van der Waals surface area (Å²) in [7, 11) is 0. The number of rotatable bonds is 4. The molecule has 7 nitrogen and oxygen atoms in total. The number of halogens is 1. The van der Waals surface area contributed by atoms with Gasteiger partial charge < -0.3 is 9.30 Å². The van der Waals surface area contributed by atoms with E-state index in [0.717, 1.165) is 10.6 Å². The molecule has 1 atom stereocenters. The van der Waals surface area contributed by atoms with E-state index in [0.29, 0.717) is 24.1 Å². The van der Waals surface area contributed by atoms with Gasteiger partial charge in [0.25, 0.3) is 0 Å². The molecule has 0 aromatic carbocycles. The molecule has 1 saturated heterocycles. The minimum absolute atomic E-state index is 0.146. The average Bonchev–Trinajstić information content (AvgIpc) is 2.86. The normalized spacial score (nSPS) is 18.5. The number of ether oxygens (including phenoxy) is 1. The zero-order chi connectivity index (χ0) is 14.0. The third-order valence-electron chi connectivity index (χ3n) is 2.94. The molecule has 2 rings (SSSR count). The Kier molecular flexibility index (Phi) is 4.11. The van der Waals surface area contributed by atoms with Crippen molar-refractivity contribution in [3.05, 3.63) is 37.2 Å². The molecule has 0 N–H and O–H groups in total. The van der Waals surface area contributed by atoms with Gasteiger partial charge >= 0.3 is 11.2 Å². The lowest BCUT2D eigenvalue weighted by atomic mass is 10.0. The number of hydrogen-bond acceptors (Lipinski definition) is 5. The molecule has 0 saturated carbocycles. The molecule has 1 aromatic rings. The SMILES string of the molecule is O=C(Cn1cc(Br)cc([N+](=O)[O-])c1=O)C1CCOC1. The van der Waals surface area contributed by atoms with Crippen molar-refractivity contribution in [3.8, 4) is 0 Å². The highest BCUT2D eigenvalue weighted by Gasteiger charge is 2.25. The van der Waals surface area contributed by atoms with Crippen LogP contribution in [0.5, 0.6) is 0 Å². The van der Waals surface area contributed by atoms with Crippen LogP contribution < -0.4 is 5.56 Å². The standard InChI is InChI=1S/C11H11BrN2O5/c12-8-3-9(14(17)18)11(16)13(4-8)5-10(15)7-1-2-19-6-7/h3-4,7H,1-2,5-6H2. The third kappa shape index (κ3) is 3.07. The maximum atomic E-state index is 11.9. The molecule has 0 amide bonds. The van der Waals surface area contributed by atoms with Crippen molar-refractivity contribution >= 4 is 27.4 Å². The van der Waals surface area contributed by atoms with Gasteiger partial charge in [-0.15, -0.1) is 0 Å². The van der Waals surface area contributed by atoms with Crippen molar-refractivity contribution in [2.75, 3.05) is 13.2 Å². The molecule has 19 heavy (non-hydrogen) atoms. The fraction of sp³-hybridized carbons (Fsp3) is 0.455. The molecule has 102 valence electrons. The largest absolute Gasteiger partial charge is 0.381 e. The van der Waals surface area contributed by atoms with E-state index < -0.39 is 16.2 Å². The fourth-order valence-corrected chi connectivity index (χ4v) is 2.38. The van der Waals surface area contributed by atoms with Gasteiger partial charge in [-0.25, -0.2) is 0 Å². The van der Waals surface area contributed by atoms with Gasteiger partial charge in [-0.3, -0.25) is 19.7 Å². The Labute approximate surface area is 116 Å². The highest BCUT2D eigenvalue weighted by Crippen LogP contribution is 2.16. The molecule has 1 aliphatic heterocycles. The van der Waals surface area contributed by atoms with E-state index in [-0.39, 0.29) is 18.2 Å². The number of Topliss-reactive ketones (excluding diaryl/α,β-unsaturated/α-hetero) is 1. The summed E-state index contributed by atoms with van der Waals surface area (Å²) in [5.74, 6) is -0.378. The van der Waals surface area contributed by atoms with Gasteiger partial charge in [0.05, 0.1) is 18.1 Å². The van der Waals surface area contributed by atoms with Crippen molar-refractivity contribution in [2.24, 2.45) is 5.92 Å². The Hall–Kier alpha value is -1.54. The Bertz CT molecular complexity index is 577. The van der Waals surface area contributed by atoms with Gasteiger partial charge in [-0.05, 0) is 22.4 Å². The van der Waals surface area contributed by atoms with Crippen molar-refractivity contribution in [1.29, 1.82) is 0 Å². The van der Waals surface area contributed by atoms with Gasteiger partial charge in [-0.1, -0.05) is 0 Å². The van der Waals surface area contributed by atoms with E-state index in [1.165, 1.54) is 6.20 Å². The minimum Gasteiger partial charge on any atom is -0.381 e. The Morgan fingerprint density at radius 2 is 2.37 bits per heavy atom. The van der Waals surface area contributed by atoms with Crippen molar-refractivity contribution in [1.82, 2.24) is 4.57 Å². The van der Waals surface area contributed by atoms with E-state index in [9.17, 15) is 19.7 Å². The topological polar surface area (TPSA) is 91.4 Å². The zero-order valence-corrected chi connectivity index (χ0v) is 11.5. The lowest BCUT2D eigenvalue weighted by Crippen LogP contribution is -2.29. The van der Waals surface area contributed by atoms with Crippen molar-refractivity contribution < 1.29 is 14.5 Å². The first-order chi connectivity index (χ1) is 8.99. The van der Waals surface area contributed by atoms with Gasteiger partial charge in [0.1, 0.15) is 0 Å². The molecule has 0 aliphatic carbocycles. The quantitative estimate of drug-likeness (QED) is 0.609. The lowest BCUT2D eigenvalue weighted by molar-refractivity contribution is -0.386. The van der Waals surface area contributed by atoms with Gasteiger partial charge in [0, 0.05) is 29.3 Å². The van der Waals surface area contributed by atoms with Crippen LogP contribution in [-0.2, 0) is 16.1 Å². The summed E-state index contributed by atoms with van der Waals surface area (Å²) < 4.78 is 6.55. The number of aromatic nitrogens is 1. The second kappa shape index (κ2) is 5.62. The molecule has 8 heteroatoms. The zero-order valence-electron chi connectivity index (χ0n) is 9.87. The number of nitro groups is 1. The second-order valence-electron chi connectivity index (χ2n) is 4.26. The summed E-state index contributed by atoms with van der Waals surface area (Å²) in [6.07, 6.45) is 2.01. The first-order valence-corrected chi connectivity index (χ1v) is 6.43. The Morgan fingerprint density at radius 3 is 2.95 bits per heavy atom. The van der Waals surface area contributed by atoms with Crippen LogP contribution in [0.4, 0.5) is 5.69 Å². The molecule has 1 fully saturated rings. The Balaban J connectivity index is 2.27. The molecule has 0 spiro atoms. The molecule has 0 bridgehead atoms. The number of nitrogens with zero attached hydrogens (tertiary/aromatic N) is 2. The van der Waals surface area contributed by atoms with Crippen LogP contribution in [0.3, 0.4) is 0 Å². The summed E-state index contributed by atoms with van der Waals surface area (Å²) in [6.45, 7) is 0.709. The predicted octanol–water partition coefficient (Wildman–Crippen LogP) is 1.12. The maximum Gasteiger partial charge on any atom is 0.335 e. The van der Waals surface area contributed by atoms with Crippen LogP contribution >= 0.6 is 15.9 Å². The summed E-state index contributed by atoms with van der Waals surface area (Å²) in [6, 6.07) is 1.13. The summed E-state index contributed by atoms with van der Waals surface area (Å²) in [5.41, 5.74) is -1.33. The number of ketones is 1. The first kappa shape index (κ1) is 13.9. The minimum atomic E-state index is -0.777. The smallest absolute Gasteiger partial charge is 0.335 e. The van der Waals surface area contributed by atoms with Gasteiger partial charge in [0.2, 0.25) is 0 Å². The fourth-order valence-electron chi connectivity index (χ4n) is 1.92. The molecule has 1 unspecified atom stereocenters. The van der Waals surface area contributed by atoms with E-state index in [2.05, 4.69) is 15.9 Å². The number of carbonyl (C=O) groups is 1. The molecular formula is C11H11BrN2O5. The van der Waals surface area contributed by atoms with E-state index >= 15 is 0 Å². The summed E-state index contributed by atoms with van der Waals surface area (Å²) in [5, 5.41) is 10.7. The van der Waals surface area contributed by atoms with Crippen molar-refractivity contribution in [2.45, 2.75) is 13.0 Å². The average molecular weight is 331 g/mol. The number of carbonyl (C=O) groups excluding carboxylic acids is 1. The third-order valence-corrected chi connectivity index (χ3v) is 3.38. The molecular weight excluding hydrogens is 320 g/mol. The van der Waals surface area contributed by atoms with Crippen LogP contribution in [0.2, 0.25) is 0 Å². The summed E-state index contributed by atoms with van der Waals surface area (Å²) >= 11 is 3.09. The van der Waals surface area contributed by atoms with Gasteiger partial charge in [0.15, 0.2) is 5.78 Å². The summed E-state index contributed by atoms with van der Waals surface area (Å²) in [4.78, 5) is 33.7. The van der Waals surface area contributed by atoms with Crippen LogP contribution in [-0.4, -0.2) is 28.5 Å². The molecule has 0 radical (unpaired) electrons. The highest BCUT2D eigenvalue weighted by atomic mass is 79.9. The maximum absolute atomic E-state index is 11.9. The molecule has 1 aromatic heterocycles.